The van der Waals surface area contributed by atoms with Gasteiger partial charge in [-0.15, -0.1) is 0 Å². The molecule has 2 aromatic carbocycles. The van der Waals surface area contributed by atoms with E-state index in [1.165, 1.54) is 4.90 Å². The lowest BCUT2D eigenvalue weighted by Crippen LogP contribution is -2.43. The number of amides is 2. The molecule has 160 valence electrons. The minimum atomic E-state index is -0.165. The van der Waals surface area contributed by atoms with Crippen LogP contribution in [-0.4, -0.2) is 51.7 Å². The second kappa shape index (κ2) is 9.52. The normalized spacial score (nSPS) is 14.6. The molecule has 0 bridgehead atoms. The van der Waals surface area contributed by atoms with Gasteiger partial charge in [-0.25, -0.2) is 0 Å². The van der Waals surface area contributed by atoms with Gasteiger partial charge in [0.05, 0.1) is 28.4 Å². The average Bonchev–Trinajstić information content (AvgIpc) is 2.77. The summed E-state index contributed by atoms with van der Waals surface area (Å²) in [7, 11) is 6.29. The highest BCUT2D eigenvalue weighted by atomic mass is 16.5. The molecule has 2 amide bonds. The van der Waals surface area contributed by atoms with Gasteiger partial charge in [-0.05, 0) is 41.8 Å². The molecule has 0 aliphatic carbocycles. The zero-order chi connectivity index (χ0) is 21.7. The summed E-state index contributed by atoms with van der Waals surface area (Å²) in [4.78, 5) is 26.8. The zero-order valence-electron chi connectivity index (χ0n) is 17.8. The van der Waals surface area contributed by atoms with Crippen LogP contribution in [0.5, 0.6) is 23.0 Å². The Bertz CT molecular complexity index is 908. The third kappa shape index (κ3) is 4.50. The maximum Gasteiger partial charge on any atom is 0.229 e. The summed E-state index contributed by atoms with van der Waals surface area (Å²) in [5, 5.41) is 0. The number of ether oxygens (including phenoxy) is 4. The molecular formula is C23H27NO6. The number of rotatable bonds is 8. The van der Waals surface area contributed by atoms with Gasteiger partial charge in [-0.1, -0.05) is 12.1 Å². The molecule has 0 aromatic heterocycles. The maximum atomic E-state index is 12.7. The highest BCUT2D eigenvalue weighted by molar-refractivity contribution is 5.98. The van der Waals surface area contributed by atoms with Crippen LogP contribution in [0, 0.1) is 0 Å². The van der Waals surface area contributed by atoms with Crippen molar-refractivity contribution in [3.8, 4) is 23.0 Å². The number of methoxy groups -OCH3 is 4. The fraction of sp³-hybridized carbons (Fsp3) is 0.391. The molecule has 30 heavy (non-hydrogen) atoms. The second-order valence-electron chi connectivity index (χ2n) is 7.10. The molecule has 0 spiro atoms. The first kappa shape index (κ1) is 21.5. The number of benzene rings is 2. The second-order valence-corrected chi connectivity index (χ2v) is 7.10. The van der Waals surface area contributed by atoms with Gasteiger partial charge < -0.3 is 18.9 Å². The summed E-state index contributed by atoms with van der Waals surface area (Å²) in [5.41, 5.74) is 1.86. The van der Waals surface area contributed by atoms with Crippen molar-refractivity contribution >= 4 is 11.8 Å². The Labute approximate surface area is 176 Å². The summed E-state index contributed by atoms with van der Waals surface area (Å²) in [6.07, 6.45) is 1.12. The van der Waals surface area contributed by atoms with E-state index in [9.17, 15) is 9.59 Å². The fourth-order valence-corrected chi connectivity index (χ4v) is 3.72. The van der Waals surface area contributed by atoms with Crippen molar-refractivity contribution in [2.24, 2.45) is 0 Å². The van der Waals surface area contributed by atoms with Crippen LogP contribution in [-0.2, 0) is 16.0 Å². The van der Waals surface area contributed by atoms with E-state index in [2.05, 4.69) is 0 Å². The number of carbonyl (C=O) groups excluding carboxylic acids is 2. The summed E-state index contributed by atoms with van der Waals surface area (Å²) < 4.78 is 21.2. The Hall–Kier alpha value is -3.22. The minimum absolute atomic E-state index is 0.161. The molecule has 1 fully saturated rings. The molecule has 0 unspecified atom stereocenters. The summed E-state index contributed by atoms with van der Waals surface area (Å²) in [5.74, 6) is 1.99. The number of piperidine rings is 1. The first-order chi connectivity index (χ1) is 14.5. The minimum Gasteiger partial charge on any atom is -0.493 e. The third-order valence-corrected chi connectivity index (χ3v) is 5.40. The molecule has 0 radical (unpaired) electrons. The molecule has 7 heteroatoms. The topological polar surface area (TPSA) is 74.3 Å². The Morgan fingerprint density at radius 1 is 0.767 bits per heavy atom. The average molecular weight is 413 g/mol. The number of nitrogens with zero attached hydrogens (tertiary/aromatic N) is 1. The van der Waals surface area contributed by atoms with Crippen LogP contribution in [0.15, 0.2) is 36.4 Å². The van der Waals surface area contributed by atoms with E-state index in [0.717, 1.165) is 11.1 Å². The molecule has 3 rings (SSSR count). The summed E-state index contributed by atoms with van der Waals surface area (Å²) in [6, 6.07) is 11.1. The Kier molecular flexibility index (Phi) is 6.82. The van der Waals surface area contributed by atoms with Crippen LogP contribution in [0.3, 0.4) is 0 Å². The van der Waals surface area contributed by atoms with Crippen molar-refractivity contribution in [3.63, 3.8) is 0 Å². The zero-order valence-corrected chi connectivity index (χ0v) is 17.8. The van der Waals surface area contributed by atoms with Gasteiger partial charge in [-0.2, -0.15) is 0 Å². The number of carbonyl (C=O) groups is 2. The Morgan fingerprint density at radius 3 is 1.87 bits per heavy atom. The van der Waals surface area contributed by atoms with Crippen molar-refractivity contribution < 1.29 is 28.5 Å². The molecule has 0 saturated carbocycles. The molecule has 1 saturated heterocycles. The van der Waals surface area contributed by atoms with Crippen LogP contribution >= 0.6 is 0 Å². The first-order valence-electron chi connectivity index (χ1n) is 9.76. The predicted molar refractivity (Wildman–Crippen MR) is 111 cm³/mol. The maximum absolute atomic E-state index is 12.7. The fourth-order valence-electron chi connectivity index (χ4n) is 3.72. The predicted octanol–water partition coefficient (Wildman–Crippen LogP) is 3.20. The molecule has 0 atom stereocenters. The van der Waals surface area contributed by atoms with Crippen LogP contribution < -0.4 is 18.9 Å². The van der Waals surface area contributed by atoms with Crippen LogP contribution in [0.1, 0.15) is 29.9 Å². The Morgan fingerprint density at radius 2 is 1.30 bits per heavy atom. The smallest absolute Gasteiger partial charge is 0.229 e. The number of hydrogen-bond donors (Lipinski definition) is 0. The van der Waals surface area contributed by atoms with Gasteiger partial charge in [0.15, 0.2) is 23.0 Å². The van der Waals surface area contributed by atoms with E-state index in [-0.39, 0.29) is 30.6 Å². The van der Waals surface area contributed by atoms with Crippen molar-refractivity contribution in [1.82, 2.24) is 4.90 Å². The molecule has 0 N–H and O–H groups in total. The van der Waals surface area contributed by atoms with E-state index < -0.39 is 0 Å². The van der Waals surface area contributed by atoms with Crippen molar-refractivity contribution in [3.05, 3.63) is 47.5 Å². The standard InChI is InChI=1S/C23H27NO6/c1-27-18-7-5-15(11-20(18)29-3)9-10-24-22(25)13-17(14-23(24)26)16-6-8-19(28-2)21(12-16)30-4/h5-8,11-12,17H,9-10,13-14H2,1-4H3. The highest BCUT2D eigenvalue weighted by Gasteiger charge is 2.33. The van der Waals surface area contributed by atoms with Crippen LogP contribution in [0.4, 0.5) is 0 Å². The number of likely N-dealkylation sites (tertiary alicyclic amines) is 1. The molecule has 7 nitrogen and oxygen atoms in total. The van der Waals surface area contributed by atoms with Gasteiger partial charge in [0.25, 0.3) is 0 Å². The van der Waals surface area contributed by atoms with Gasteiger partial charge in [0.1, 0.15) is 0 Å². The number of imide groups is 1. The van der Waals surface area contributed by atoms with Gasteiger partial charge in [-0.3, -0.25) is 14.5 Å². The van der Waals surface area contributed by atoms with E-state index in [0.29, 0.717) is 36.0 Å². The van der Waals surface area contributed by atoms with E-state index in [1.807, 2.05) is 30.3 Å². The summed E-state index contributed by atoms with van der Waals surface area (Å²) in [6.45, 7) is 0.339. The Balaban J connectivity index is 1.67. The lowest BCUT2D eigenvalue weighted by Gasteiger charge is -2.30. The van der Waals surface area contributed by atoms with Crippen molar-refractivity contribution in [2.75, 3.05) is 35.0 Å². The molecule has 1 aliphatic heterocycles. The van der Waals surface area contributed by atoms with Crippen LogP contribution in [0.2, 0.25) is 0 Å². The van der Waals surface area contributed by atoms with Gasteiger partial charge in [0, 0.05) is 25.3 Å². The largest absolute Gasteiger partial charge is 0.493 e. The first-order valence-corrected chi connectivity index (χ1v) is 9.76. The van der Waals surface area contributed by atoms with Gasteiger partial charge >= 0.3 is 0 Å². The van der Waals surface area contributed by atoms with Gasteiger partial charge in [0.2, 0.25) is 11.8 Å². The van der Waals surface area contributed by atoms with E-state index in [4.69, 9.17) is 18.9 Å². The lowest BCUT2D eigenvalue weighted by atomic mass is 9.88. The molecule has 1 heterocycles. The monoisotopic (exact) mass is 413 g/mol. The number of hydrogen-bond acceptors (Lipinski definition) is 6. The lowest BCUT2D eigenvalue weighted by molar-refractivity contribution is -0.148. The van der Waals surface area contributed by atoms with Crippen molar-refractivity contribution in [2.45, 2.75) is 25.2 Å². The van der Waals surface area contributed by atoms with E-state index >= 15 is 0 Å². The van der Waals surface area contributed by atoms with Crippen LogP contribution in [0.25, 0.3) is 0 Å². The SMILES string of the molecule is COc1ccc(CCN2C(=O)CC(c3ccc(OC)c(OC)c3)CC2=O)cc1OC. The summed E-state index contributed by atoms with van der Waals surface area (Å²) >= 11 is 0. The molecule has 2 aromatic rings. The molecular weight excluding hydrogens is 386 g/mol. The third-order valence-electron chi connectivity index (χ3n) is 5.40. The van der Waals surface area contributed by atoms with E-state index in [1.54, 1.807) is 34.5 Å². The van der Waals surface area contributed by atoms with Crippen molar-refractivity contribution in [1.29, 1.82) is 0 Å². The quantitative estimate of drug-likeness (QED) is 0.619. The highest BCUT2D eigenvalue weighted by Crippen LogP contribution is 2.35. The molecule has 1 aliphatic rings.